The third-order valence-corrected chi connectivity index (χ3v) is 12.8. The monoisotopic (exact) mass is 868 g/mol. The number of aliphatic hydroxyl groups is 1. The van der Waals surface area contributed by atoms with Gasteiger partial charge in [-0.1, -0.05) is 131 Å². The number of aliphatic hydroxyl groups excluding tert-OH is 1. The molecule has 5 atom stereocenters. The summed E-state index contributed by atoms with van der Waals surface area (Å²) >= 11 is 0. The van der Waals surface area contributed by atoms with Crippen LogP contribution in [0.4, 0.5) is 0 Å². The van der Waals surface area contributed by atoms with Crippen LogP contribution < -0.4 is 0 Å². The Labute approximate surface area is 372 Å². The topological polar surface area (TPSA) is 130 Å². The first kappa shape index (κ1) is 55.3. The van der Waals surface area contributed by atoms with Crippen molar-refractivity contribution in [1.29, 1.82) is 0 Å². The fourth-order valence-electron chi connectivity index (χ4n) is 9.50. The van der Waals surface area contributed by atoms with Crippen LogP contribution in [0.5, 0.6) is 0 Å². The molecule has 0 spiro atoms. The zero-order valence-corrected chi connectivity index (χ0v) is 40.3. The number of esters is 3. The Balaban J connectivity index is 2.06. The Morgan fingerprint density at radius 2 is 1.02 bits per heavy atom. The van der Waals surface area contributed by atoms with Gasteiger partial charge in [0.25, 0.3) is 0 Å². The number of unbranched alkanes of at least 4 members (excludes halogenated alkanes) is 15. The Kier molecular flexibility index (Phi) is 29.0. The molecule has 358 valence electrons. The van der Waals surface area contributed by atoms with E-state index in [0.717, 1.165) is 58.0 Å². The minimum Gasteiger partial charge on any atom is -0.459 e. The van der Waals surface area contributed by atoms with Gasteiger partial charge in [-0.05, 0) is 84.2 Å². The molecule has 61 heavy (non-hydrogen) atoms. The van der Waals surface area contributed by atoms with E-state index in [0.29, 0.717) is 64.8 Å². The van der Waals surface area contributed by atoms with Crippen LogP contribution >= 0.6 is 0 Å². The van der Waals surface area contributed by atoms with Gasteiger partial charge in [0, 0.05) is 39.1 Å². The van der Waals surface area contributed by atoms with E-state index >= 15 is 0 Å². The van der Waals surface area contributed by atoms with Gasteiger partial charge in [0.15, 0.2) is 12.6 Å². The molecule has 2 saturated carbocycles. The predicted octanol–water partition coefficient (Wildman–Crippen LogP) is 11.5. The van der Waals surface area contributed by atoms with Gasteiger partial charge < -0.3 is 33.5 Å². The summed E-state index contributed by atoms with van der Waals surface area (Å²) in [6, 6.07) is 0. The lowest BCUT2D eigenvalue weighted by atomic mass is 9.69. The van der Waals surface area contributed by atoms with Crippen molar-refractivity contribution < 1.29 is 47.9 Å². The van der Waals surface area contributed by atoms with Crippen LogP contribution in [0.2, 0.25) is 0 Å². The molecule has 2 aliphatic rings. The van der Waals surface area contributed by atoms with E-state index in [2.05, 4.69) is 20.8 Å². The van der Waals surface area contributed by atoms with E-state index in [1.54, 1.807) is 0 Å². The first-order valence-corrected chi connectivity index (χ1v) is 25.2. The first-order chi connectivity index (χ1) is 29.3. The highest BCUT2D eigenvalue weighted by atomic mass is 16.7. The second kappa shape index (κ2) is 32.0. The average molecular weight is 868 g/mol. The minimum absolute atomic E-state index is 0.0200. The minimum atomic E-state index is -1.03. The summed E-state index contributed by atoms with van der Waals surface area (Å²) in [5, 5.41) is 10.4. The molecule has 5 unspecified atom stereocenters. The highest BCUT2D eigenvalue weighted by Gasteiger charge is 2.55. The standard InChI is InChI=1S/C50H93NO10/c1-8-13-16-19-22-25-34-56-43(52)28-29-44(53)60-49(7)38-42-37-48(6,32-33-50(39-42,41-49)61-46(55)40-51(11-4)12-5)59-45(54)30-31-47(57-35-26-23-20-17-14-9-2)58-36-27-24-21-18-15-10-3/h42-43,47,52H,8-41H2,1-7H3. The average Bonchev–Trinajstić information content (AvgIpc) is 3.31. The maximum absolute atomic E-state index is 13.6. The molecule has 11 nitrogen and oxygen atoms in total. The SMILES string of the molecule is CCCCCCCCOC(O)CCC(=O)OC1(C)CC2CC(C)(OC(=O)CCC(OCCCCCCCC)OCCCCCCCC)CCC(OC(=O)CN(CC)CC)(C2)C1. The summed E-state index contributed by atoms with van der Waals surface area (Å²) in [5.74, 6) is -1.01. The lowest BCUT2D eigenvalue weighted by molar-refractivity contribution is -0.192. The van der Waals surface area contributed by atoms with Gasteiger partial charge in [0.1, 0.15) is 16.8 Å². The molecule has 0 aromatic heterocycles. The Bertz CT molecular complexity index is 1150. The lowest BCUT2D eigenvalue weighted by Crippen LogP contribution is -2.51. The maximum Gasteiger partial charge on any atom is 0.320 e. The number of hydrogen-bond acceptors (Lipinski definition) is 11. The van der Waals surface area contributed by atoms with Gasteiger partial charge in [0.05, 0.1) is 19.4 Å². The number of fused-ring (bicyclic) bond motifs is 2. The van der Waals surface area contributed by atoms with Crippen LogP contribution in [0.25, 0.3) is 0 Å². The van der Waals surface area contributed by atoms with Crippen LogP contribution in [0.15, 0.2) is 0 Å². The van der Waals surface area contributed by atoms with Gasteiger partial charge >= 0.3 is 17.9 Å². The third-order valence-electron chi connectivity index (χ3n) is 12.8. The van der Waals surface area contributed by atoms with E-state index in [1.165, 1.54) is 70.6 Å². The molecule has 2 bridgehead atoms. The van der Waals surface area contributed by atoms with Crippen LogP contribution in [0.3, 0.4) is 0 Å². The van der Waals surface area contributed by atoms with Crippen LogP contribution in [0, 0.1) is 5.92 Å². The molecular formula is C50H93NO10. The normalized spacial score (nSPS) is 23.2. The molecule has 0 aromatic rings. The number of nitrogens with zero attached hydrogens (tertiary/aromatic N) is 1. The van der Waals surface area contributed by atoms with Crippen LogP contribution in [-0.2, 0) is 42.8 Å². The largest absolute Gasteiger partial charge is 0.459 e. The number of likely N-dealkylation sites (N-methyl/N-ethyl adjacent to an activating group) is 1. The quantitative estimate of drug-likeness (QED) is 0.0277. The van der Waals surface area contributed by atoms with E-state index < -0.39 is 35.4 Å². The summed E-state index contributed by atoms with van der Waals surface area (Å²) in [6.07, 6.45) is 23.4. The lowest BCUT2D eigenvalue weighted by Gasteiger charge is -2.47. The van der Waals surface area contributed by atoms with Crippen LogP contribution in [-0.4, -0.2) is 96.8 Å². The number of rotatable bonds is 37. The highest BCUT2D eigenvalue weighted by Crippen LogP contribution is 2.52. The van der Waals surface area contributed by atoms with Gasteiger partial charge in [-0.15, -0.1) is 0 Å². The first-order valence-electron chi connectivity index (χ1n) is 25.2. The third kappa shape index (κ3) is 24.7. The number of hydrogen-bond donors (Lipinski definition) is 1. The second-order valence-electron chi connectivity index (χ2n) is 19.0. The van der Waals surface area contributed by atoms with E-state index in [9.17, 15) is 19.5 Å². The molecule has 11 heteroatoms. The molecule has 0 heterocycles. The van der Waals surface area contributed by atoms with Crippen molar-refractivity contribution in [3.05, 3.63) is 0 Å². The number of carbonyl (C=O) groups excluding carboxylic acids is 3. The molecule has 2 rings (SSSR count). The molecular weight excluding hydrogens is 775 g/mol. The van der Waals surface area contributed by atoms with Gasteiger partial charge in [-0.3, -0.25) is 19.3 Å². The summed E-state index contributed by atoms with van der Waals surface area (Å²) in [7, 11) is 0. The van der Waals surface area contributed by atoms with Crippen molar-refractivity contribution in [1.82, 2.24) is 4.90 Å². The molecule has 0 aliphatic heterocycles. The molecule has 2 aliphatic carbocycles. The summed E-state index contributed by atoms with van der Waals surface area (Å²) in [6.45, 7) is 18.0. The zero-order valence-electron chi connectivity index (χ0n) is 40.3. The molecule has 0 radical (unpaired) electrons. The Morgan fingerprint density at radius 3 is 1.54 bits per heavy atom. The summed E-state index contributed by atoms with van der Waals surface area (Å²) in [5.41, 5.74) is -2.55. The van der Waals surface area contributed by atoms with Crippen molar-refractivity contribution >= 4 is 17.9 Å². The Morgan fingerprint density at radius 1 is 0.557 bits per heavy atom. The smallest absolute Gasteiger partial charge is 0.320 e. The van der Waals surface area contributed by atoms with Gasteiger partial charge in [-0.2, -0.15) is 0 Å². The molecule has 0 aromatic carbocycles. The predicted molar refractivity (Wildman–Crippen MR) is 243 cm³/mol. The molecule has 2 fully saturated rings. The Hall–Kier alpha value is -1.79. The van der Waals surface area contributed by atoms with Crippen molar-refractivity contribution in [2.45, 2.75) is 258 Å². The summed E-state index contributed by atoms with van der Waals surface area (Å²) < 4.78 is 37.0. The van der Waals surface area contributed by atoms with E-state index in [4.69, 9.17) is 28.4 Å². The van der Waals surface area contributed by atoms with Crippen molar-refractivity contribution in [2.75, 3.05) is 39.5 Å². The molecule has 0 amide bonds. The van der Waals surface area contributed by atoms with Crippen molar-refractivity contribution in [2.24, 2.45) is 5.92 Å². The summed E-state index contributed by atoms with van der Waals surface area (Å²) in [4.78, 5) is 42.5. The second-order valence-corrected chi connectivity index (χ2v) is 19.0. The highest BCUT2D eigenvalue weighted by molar-refractivity contribution is 5.72. The fraction of sp³-hybridized carbons (Fsp3) is 0.940. The number of carbonyl (C=O) groups is 3. The molecule has 1 N–H and O–H groups in total. The van der Waals surface area contributed by atoms with Gasteiger partial charge in [0.2, 0.25) is 0 Å². The van der Waals surface area contributed by atoms with Crippen molar-refractivity contribution in [3.8, 4) is 0 Å². The van der Waals surface area contributed by atoms with Gasteiger partial charge in [-0.25, -0.2) is 0 Å². The maximum atomic E-state index is 13.6. The van der Waals surface area contributed by atoms with E-state index in [1.807, 2.05) is 32.6 Å². The molecule has 0 saturated heterocycles. The zero-order chi connectivity index (χ0) is 44.8. The van der Waals surface area contributed by atoms with E-state index in [-0.39, 0.29) is 43.7 Å². The fourth-order valence-corrected chi connectivity index (χ4v) is 9.50. The van der Waals surface area contributed by atoms with Crippen LogP contribution in [0.1, 0.15) is 228 Å². The number of ether oxygens (including phenoxy) is 6. The van der Waals surface area contributed by atoms with Crippen molar-refractivity contribution in [3.63, 3.8) is 0 Å².